The van der Waals surface area contributed by atoms with E-state index in [2.05, 4.69) is 34.1 Å². The van der Waals surface area contributed by atoms with Gasteiger partial charge in [-0.1, -0.05) is 0 Å². The summed E-state index contributed by atoms with van der Waals surface area (Å²) in [6, 6.07) is 2.18. The van der Waals surface area contributed by atoms with E-state index in [4.69, 9.17) is 0 Å². The smallest absolute Gasteiger partial charge is 0.0239 e. The van der Waals surface area contributed by atoms with E-state index in [1.165, 1.54) is 5.56 Å². The maximum atomic E-state index is 3.14. The van der Waals surface area contributed by atoms with Crippen molar-refractivity contribution in [2.45, 2.75) is 6.54 Å². The first kappa shape index (κ1) is 9.71. The second-order valence-electron chi connectivity index (χ2n) is 2.97. The lowest BCUT2D eigenvalue weighted by atomic mass is 10.3. The van der Waals surface area contributed by atoms with E-state index >= 15 is 0 Å². The Hall–Kier alpha value is -0.380. The Morgan fingerprint density at radius 1 is 1.58 bits per heavy atom. The molecule has 0 bridgehead atoms. The molecule has 1 N–H and O–H groups in total. The van der Waals surface area contributed by atoms with Crippen LogP contribution in [0.1, 0.15) is 5.56 Å². The van der Waals surface area contributed by atoms with Gasteiger partial charge < -0.3 is 10.2 Å². The molecular weight excluding hydrogens is 168 g/mol. The van der Waals surface area contributed by atoms with Crippen LogP contribution in [0.2, 0.25) is 0 Å². The second kappa shape index (κ2) is 5.30. The van der Waals surface area contributed by atoms with Gasteiger partial charge in [0.15, 0.2) is 0 Å². The van der Waals surface area contributed by atoms with Gasteiger partial charge in [0.1, 0.15) is 0 Å². The van der Waals surface area contributed by atoms with Crippen molar-refractivity contribution in [2.24, 2.45) is 0 Å². The van der Waals surface area contributed by atoms with Gasteiger partial charge >= 0.3 is 0 Å². The maximum absolute atomic E-state index is 3.14. The van der Waals surface area contributed by atoms with Crippen LogP contribution >= 0.6 is 11.3 Å². The molecule has 0 radical (unpaired) electrons. The summed E-state index contributed by atoms with van der Waals surface area (Å²) in [6.07, 6.45) is 0. The Bertz CT molecular complexity index is 196. The van der Waals surface area contributed by atoms with Crippen molar-refractivity contribution in [1.82, 2.24) is 10.2 Å². The highest BCUT2D eigenvalue weighted by molar-refractivity contribution is 7.07. The number of nitrogens with zero attached hydrogens (tertiary/aromatic N) is 1. The van der Waals surface area contributed by atoms with Gasteiger partial charge in [0.2, 0.25) is 0 Å². The zero-order valence-electron chi connectivity index (χ0n) is 7.71. The SMILES string of the molecule is CNCCN(C)Cc1ccsc1. The predicted molar refractivity (Wildman–Crippen MR) is 54.6 cm³/mol. The van der Waals surface area contributed by atoms with E-state index in [-0.39, 0.29) is 0 Å². The molecule has 1 aromatic rings. The quantitative estimate of drug-likeness (QED) is 0.744. The molecule has 1 rings (SSSR count). The van der Waals surface area contributed by atoms with Crippen molar-refractivity contribution >= 4 is 11.3 Å². The first-order chi connectivity index (χ1) is 5.83. The van der Waals surface area contributed by atoms with E-state index in [1.54, 1.807) is 11.3 Å². The fourth-order valence-corrected chi connectivity index (χ4v) is 1.74. The highest BCUT2D eigenvalue weighted by Gasteiger charge is 1.98. The Morgan fingerprint density at radius 3 is 3.00 bits per heavy atom. The Balaban J connectivity index is 2.22. The molecule has 0 fully saturated rings. The molecular formula is C9H16N2S. The summed E-state index contributed by atoms with van der Waals surface area (Å²) in [6.45, 7) is 3.22. The zero-order valence-corrected chi connectivity index (χ0v) is 8.53. The molecule has 3 heteroatoms. The summed E-state index contributed by atoms with van der Waals surface area (Å²) in [5.41, 5.74) is 1.42. The van der Waals surface area contributed by atoms with Gasteiger partial charge in [0.05, 0.1) is 0 Å². The molecule has 12 heavy (non-hydrogen) atoms. The lowest BCUT2D eigenvalue weighted by molar-refractivity contribution is 0.328. The summed E-state index contributed by atoms with van der Waals surface area (Å²) >= 11 is 1.76. The fraction of sp³-hybridized carbons (Fsp3) is 0.556. The molecule has 68 valence electrons. The highest BCUT2D eigenvalue weighted by Crippen LogP contribution is 2.07. The van der Waals surface area contributed by atoms with Crippen molar-refractivity contribution in [1.29, 1.82) is 0 Å². The number of rotatable bonds is 5. The molecule has 0 aromatic carbocycles. The molecule has 0 saturated carbocycles. The van der Waals surface area contributed by atoms with Gasteiger partial charge in [-0.3, -0.25) is 0 Å². The van der Waals surface area contributed by atoms with Gasteiger partial charge in [-0.05, 0) is 36.5 Å². The molecule has 1 aromatic heterocycles. The molecule has 0 atom stereocenters. The third-order valence-corrected chi connectivity index (χ3v) is 2.51. The van der Waals surface area contributed by atoms with Crippen LogP contribution in [0, 0.1) is 0 Å². The number of nitrogens with one attached hydrogen (secondary N) is 1. The van der Waals surface area contributed by atoms with E-state index < -0.39 is 0 Å². The van der Waals surface area contributed by atoms with Crippen molar-refractivity contribution < 1.29 is 0 Å². The van der Waals surface area contributed by atoms with Crippen LogP contribution in [0.4, 0.5) is 0 Å². The second-order valence-corrected chi connectivity index (χ2v) is 3.75. The summed E-state index contributed by atoms with van der Waals surface area (Å²) < 4.78 is 0. The minimum atomic E-state index is 1.06. The number of hydrogen-bond donors (Lipinski definition) is 1. The summed E-state index contributed by atoms with van der Waals surface area (Å²) in [4.78, 5) is 2.32. The standard InChI is InChI=1S/C9H16N2S/c1-10-4-5-11(2)7-9-3-6-12-8-9/h3,6,8,10H,4-5,7H2,1-2H3. The maximum Gasteiger partial charge on any atom is 0.0239 e. The first-order valence-corrected chi connectivity index (χ1v) is 5.11. The largest absolute Gasteiger partial charge is 0.318 e. The number of thiophene rings is 1. The highest BCUT2D eigenvalue weighted by atomic mass is 32.1. The summed E-state index contributed by atoms with van der Waals surface area (Å²) in [5.74, 6) is 0. The van der Waals surface area contributed by atoms with Crippen LogP contribution in [0.5, 0.6) is 0 Å². The molecule has 1 heterocycles. The monoisotopic (exact) mass is 184 g/mol. The van der Waals surface area contributed by atoms with Crippen LogP contribution in [-0.2, 0) is 6.54 Å². The zero-order chi connectivity index (χ0) is 8.81. The number of likely N-dealkylation sites (N-methyl/N-ethyl adjacent to an activating group) is 2. The van der Waals surface area contributed by atoms with Gasteiger partial charge in [-0.2, -0.15) is 11.3 Å². The molecule has 0 aliphatic rings. The van der Waals surface area contributed by atoms with Crippen molar-refractivity contribution in [3.8, 4) is 0 Å². The average molecular weight is 184 g/mol. The van der Waals surface area contributed by atoms with Crippen LogP contribution < -0.4 is 5.32 Å². The van der Waals surface area contributed by atoms with Crippen molar-refractivity contribution in [3.05, 3.63) is 22.4 Å². The normalized spacial score (nSPS) is 10.9. The average Bonchev–Trinajstić information content (AvgIpc) is 2.53. The lowest BCUT2D eigenvalue weighted by Crippen LogP contribution is -2.26. The van der Waals surface area contributed by atoms with Gasteiger partial charge in [0.25, 0.3) is 0 Å². The summed E-state index contributed by atoms with van der Waals surface area (Å²) in [7, 11) is 4.13. The Labute approximate surface area is 78.2 Å². The molecule has 0 aliphatic carbocycles. The van der Waals surface area contributed by atoms with Crippen LogP contribution in [0.25, 0.3) is 0 Å². The van der Waals surface area contributed by atoms with Crippen LogP contribution in [0.15, 0.2) is 16.8 Å². The van der Waals surface area contributed by atoms with E-state index in [0.29, 0.717) is 0 Å². The molecule has 0 saturated heterocycles. The van der Waals surface area contributed by atoms with Gasteiger partial charge in [0, 0.05) is 19.6 Å². The van der Waals surface area contributed by atoms with Gasteiger partial charge in [-0.25, -0.2) is 0 Å². The molecule has 0 amide bonds. The van der Waals surface area contributed by atoms with Crippen molar-refractivity contribution in [3.63, 3.8) is 0 Å². The third kappa shape index (κ3) is 3.34. The molecule has 2 nitrogen and oxygen atoms in total. The summed E-state index contributed by atoms with van der Waals surface area (Å²) in [5, 5.41) is 7.47. The topological polar surface area (TPSA) is 15.3 Å². The van der Waals surface area contributed by atoms with Gasteiger partial charge in [-0.15, -0.1) is 0 Å². The lowest BCUT2D eigenvalue weighted by Gasteiger charge is -2.14. The Kier molecular flexibility index (Phi) is 4.29. The van der Waals surface area contributed by atoms with E-state index in [0.717, 1.165) is 19.6 Å². The third-order valence-electron chi connectivity index (χ3n) is 1.78. The molecule has 0 aliphatic heterocycles. The van der Waals surface area contributed by atoms with E-state index in [9.17, 15) is 0 Å². The van der Waals surface area contributed by atoms with Crippen LogP contribution in [-0.4, -0.2) is 32.1 Å². The first-order valence-electron chi connectivity index (χ1n) is 4.17. The fourth-order valence-electron chi connectivity index (χ4n) is 1.08. The van der Waals surface area contributed by atoms with E-state index in [1.807, 2.05) is 7.05 Å². The minimum absolute atomic E-state index is 1.06. The van der Waals surface area contributed by atoms with Crippen LogP contribution in [0.3, 0.4) is 0 Å². The molecule has 0 spiro atoms. The predicted octanol–water partition coefficient (Wildman–Crippen LogP) is 1.40. The Morgan fingerprint density at radius 2 is 2.42 bits per heavy atom. The minimum Gasteiger partial charge on any atom is -0.318 e. The molecule has 0 unspecified atom stereocenters. The number of hydrogen-bond acceptors (Lipinski definition) is 3. The van der Waals surface area contributed by atoms with Crippen molar-refractivity contribution in [2.75, 3.05) is 27.2 Å².